The standard InChI is InChI=1S/C4H6F4O/c5-2-9-1-3(6)4(7)8/h3-4H,1-2H2. The maximum Gasteiger partial charge on any atom is 0.271 e. The Hall–Kier alpha value is -0.320. The van der Waals surface area contributed by atoms with Gasteiger partial charge in [0, 0.05) is 0 Å². The van der Waals surface area contributed by atoms with Crippen molar-refractivity contribution >= 4 is 0 Å². The van der Waals surface area contributed by atoms with Crippen LogP contribution in [-0.2, 0) is 4.74 Å². The summed E-state index contributed by atoms with van der Waals surface area (Å²) in [5.74, 6) is 0. The average Bonchev–Trinajstić information content (AvgIpc) is 1.82. The van der Waals surface area contributed by atoms with Crippen molar-refractivity contribution in [3.05, 3.63) is 0 Å². The molecule has 0 bridgehead atoms. The highest BCUT2D eigenvalue weighted by Gasteiger charge is 2.18. The summed E-state index contributed by atoms with van der Waals surface area (Å²) < 4.78 is 48.7. The van der Waals surface area contributed by atoms with Crippen LogP contribution in [0.4, 0.5) is 17.6 Å². The van der Waals surface area contributed by atoms with Crippen LogP contribution in [-0.4, -0.2) is 26.1 Å². The Labute approximate surface area is 49.6 Å². The van der Waals surface area contributed by atoms with E-state index in [0.29, 0.717) is 0 Å². The van der Waals surface area contributed by atoms with E-state index in [4.69, 9.17) is 0 Å². The fraction of sp³-hybridized carbons (Fsp3) is 1.00. The number of halogens is 4. The summed E-state index contributed by atoms with van der Waals surface area (Å²) in [4.78, 5) is 0. The predicted octanol–water partition coefficient (Wildman–Crippen LogP) is 1.53. The van der Waals surface area contributed by atoms with Crippen LogP contribution >= 0.6 is 0 Å². The molecule has 0 N–H and O–H groups in total. The van der Waals surface area contributed by atoms with Crippen LogP contribution in [0.25, 0.3) is 0 Å². The quantitative estimate of drug-likeness (QED) is 0.546. The highest BCUT2D eigenvalue weighted by atomic mass is 19.3. The highest BCUT2D eigenvalue weighted by Crippen LogP contribution is 2.04. The van der Waals surface area contributed by atoms with Gasteiger partial charge in [-0.15, -0.1) is 0 Å². The molecule has 0 aliphatic rings. The van der Waals surface area contributed by atoms with E-state index in [9.17, 15) is 17.6 Å². The summed E-state index contributed by atoms with van der Waals surface area (Å²) in [6.07, 6.45) is -5.46. The van der Waals surface area contributed by atoms with Crippen molar-refractivity contribution in [1.29, 1.82) is 0 Å². The Morgan fingerprint density at radius 1 is 1.22 bits per heavy atom. The average molecular weight is 146 g/mol. The molecular weight excluding hydrogens is 140 g/mol. The minimum atomic E-state index is -3.09. The lowest BCUT2D eigenvalue weighted by atomic mass is 10.4. The monoisotopic (exact) mass is 146 g/mol. The van der Waals surface area contributed by atoms with Gasteiger partial charge in [0.05, 0.1) is 6.61 Å². The fourth-order valence-corrected chi connectivity index (χ4v) is 0.230. The molecule has 0 aliphatic carbocycles. The Bertz CT molecular complexity index is 67.6. The van der Waals surface area contributed by atoms with Gasteiger partial charge in [-0.3, -0.25) is 0 Å². The molecule has 0 amide bonds. The molecule has 1 atom stereocenters. The van der Waals surface area contributed by atoms with Gasteiger partial charge in [0.1, 0.15) is 0 Å². The Morgan fingerprint density at radius 2 is 1.78 bits per heavy atom. The Morgan fingerprint density at radius 3 is 2.11 bits per heavy atom. The van der Waals surface area contributed by atoms with Gasteiger partial charge in [0.15, 0.2) is 13.0 Å². The molecule has 56 valence electrons. The second kappa shape index (κ2) is 4.55. The molecule has 1 unspecified atom stereocenters. The van der Waals surface area contributed by atoms with Crippen molar-refractivity contribution in [2.24, 2.45) is 0 Å². The molecule has 9 heavy (non-hydrogen) atoms. The van der Waals surface area contributed by atoms with E-state index in [0.717, 1.165) is 0 Å². The van der Waals surface area contributed by atoms with Crippen molar-refractivity contribution in [3.63, 3.8) is 0 Å². The van der Waals surface area contributed by atoms with Crippen molar-refractivity contribution < 1.29 is 22.3 Å². The normalized spacial score (nSPS) is 14.3. The molecule has 5 heteroatoms. The summed E-state index contributed by atoms with van der Waals surface area (Å²) in [5, 5.41) is 0. The number of hydrogen-bond acceptors (Lipinski definition) is 1. The van der Waals surface area contributed by atoms with Gasteiger partial charge in [0.25, 0.3) is 6.43 Å². The topological polar surface area (TPSA) is 9.23 Å². The van der Waals surface area contributed by atoms with Gasteiger partial charge in [-0.05, 0) is 0 Å². The van der Waals surface area contributed by atoms with Gasteiger partial charge in [-0.25, -0.2) is 17.6 Å². The van der Waals surface area contributed by atoms with Crippen molar-refractivity contribution in [2.45, 2.75) is 12.6 Å². The van der Waals surface area contributed by atoms with E-state index in [1.54, 1.807) is 0 Å². The zero-order valence-corrected chi connectivity index (χ0v) is 4.49. The first-order chi connectivity index (χ1) is 4.18. The molecular formula is C4H6F4O. The van der Waals surface area contributed by atoms with E-state index < -0.39 is 26.1 Å². The van der Waals surface area contributed by atoms with E-state index >= 15 is 0 Å². The van der Waals surface area contributed by atoms with Crippen LogP contribution in [0.15, 0.2) is 0 Å². The van der Waals surface area contributed by atoms with Gasteiger partial charge >= 0.3 is 0 Å². The third-order valence-electron chi connectivity index (χ3n) is 0.628. The van der Waals surface area contributed by atoms with Crippen LogP contribution in [0.5, 0.6) is 0 Å². The minimum Gasteiger partial charge on any atom is -0.347 e. The van der Waals surface area contributed by atoms with Gasteiger partial charge in [-0.2, -0.15) is 0 Å². The van der Waals surface area contributed by atoms with Crippen LogP contribution in [0.2, 0.25) is 0 Å². The molecule has 0 aromatic rings. The van der Waals surface area contributed by atoms with Gasteiger partial charge in [0.2, 0.25) is 0 Å². The summed E-state index contributed by atoms with van der Waals surface area (Å²) >= 11 is 0. The van der Waals surface area contributed by atoms with Crippen LogP contribution in [0.1, 0.15) is 0 Å². The van der Waals surface area contributed by atoms with Crippen LogP contribution in [0, 0.1) is 0 Å². The maximum atomic E-state index is 11.7. The number of rotatable bonds is 4. The lowest BCUT2D eigenvalue weighted by Gasteiger charge is -2.03. The first-order valence-electron chi connectivity index (χ1n) is 2.24. The second-order valence-electron chi connectivity index (χ2n) is 1.33. The van der Waals surface area contributed by atoms with Crippen molar-refractivity contribution in [2.75, 3.05) is 13.5 Å². The zero-order chi connectivity index (χ0) is 7.28. The maximum absolute atomic E-state index is 11.7. The number of alkyl halides is 4. The summed E-state index contributed by atoms with van der Waals surface area (Å²) in [6, 6.07) is 0. The largest absolute Gasteiger partial charge is 0.347 e. The zero-order valence-electron chi connectivity index (χ0n) is 4.49. The molecule has 0 aromatic carbocycles. The molecule has 0 aliphatic heterocycles. The molecule has 0 radical (unpaired) electrons. The van der Waals surface area contributed by atoms with Gasteiger partial charge in [-0.1, -0.05) is 0 Å². The van der Waals surface area contributed by atoms with Crippen molar-refractivity contribution in [1.82, 2.24) is 0 Å². The molecule has 0 heterocycles. The Balaban J connectivity index is 3.16. The molecule has 1 nitrogen and oxygen atoms in total. The number of ether oxygens (including phenoxy) is 1. The third-order valence-corrected chi connectivity index (χ3v) is 0.628. The summed E-state index contributed by atoms with van der Waals surface area (Å²) in [6.45, 7) is -2.11. The minimum absolute atomic E-state index is 0.881. The molecule has 0 rings (SSSR count). The molecule has 0 saturated carbocycles. The van der Waals surface area contributed by atoms with E-state index in [2.05, 4.69) is 4.74 Å². The van der Waals surface area contributed by atoms with Crippen LogP contribution < -0.4 is 0 Å². The molecule has 0 fully saturated rings. The Kier molecular flexibility index (Phi) is 4.39. The summed E-state index contributed by atoms with van der Waals surface area (Å²) in [7, 11) is 0. The third kappa shape index (κ3) is 4.20. The number of hydrogen-bond donors (Lipinski definition) is 0. The first-order valence-corrected chi connectivity index (χ1v) is 2.24. The van der Waals surface area contributed by atoms with Crippen molar-refractivity contribution in [3.8, 4) is 0 Å². The lowest BCUT2D eigenvalue weighted by molar-refractivity contribution is -0.0329. The van der Waals surface area contributed by atoms with E-state index in [1.165, 1.54) is 0 Å². The molecule has 0 saturated heterocycles. The first kappa shape index (κ1) is 8.68. The van der Waals surface area contributed by atoms with Crippen LogP contribution in [0.3, 0.4) is 0 Å². The SMILES string of the molecule is FCOCC(F)C(F)F. The fourth-order valence-electron chi connectivity index (χ4n) is 0.230. The predicted molar refractivity (Wildman–Crippen MR) is 22.8 cm³/mol. The smallest absolute Gasteiger partial charge is 0.271 e. The molecule has 0 aromatic heterocycles. The highest BCUT2D eigenvalue weighted by molar-refractivity contribution is 4.54. The lowest BCUT2D eigenvalue weighted by Crippen LogP contribution is -2.18. The van der Waals surface area contributed by atoms with E-state index in [1.807, 2.05) is 0 Å². The summed E-state index contributed by atoms with van der Waals surface area (Å²) in [5.41, 5.74) is 0. The molecule has 0 spiro atoms. The van der Waals surface area contributed by atoms with Gasteiger partial charge < -0.3 is 4.74 Å². The second-order valence-corrected chi connectivity index (χ2v) is 1.33. The van der Waals surface area contributed by atoms with E-state index in [-0.39, 0.29) is 0 Å².